The standard InChI is InChI=1S/C10H15NO/c1-3-4-5-6-9(12)10(2)7-11-8-10/h11H,5-8H2,1-2H3. The van der Waals surface area contributed by atoms with Crippen molar-refractivity contribution >= 4 is 5.78 Å². The zero-order chi connectivity index (χ0) is 9.03. The van der Waals surface area contributed by atoms with Crippen LogP contribution in [0.5, 0.6) is 0 Å². The number of rotatable bonds is 3. The fraction of sp³-hybridized carbons (Fsp3) is 0.700. The minimum Gasteiger partial charge on any atom is -0.315 e. The van der Waals surface area contributed by atoms with E-state index < -0.39 is 0 Å². The summed E-state index contributed by atoms with van der Waals surface area (Å²) in [5, 5.41) is 3.12. The number of Topliss-reactive ketones (excluding diaryl/α,β-unsaturated/α-hetero) is 1. The number of hydrogen-bond donors (Lipinski definition) is 1. The number of ketones is 1. The lowest BCUT2D eigenvalue weighted by Crippen LogP contribution is -2.56. The monoisotopic (exact) mass is 165 g/mol. The quantitative estimate of drug-likeness (QED) is 0.631. The van der Waals surface area contributed by atoms with Gasteiger partial charge in [-0.15, -0.1) is 11.8 Å². The molecule has 0 aromatic heterocycles. The number of carbonyl (C=O) groups is 1. The Balaban J connectivity index is 2.31. The highest BCUT2D eigenvalue weighted by atomic mass is 16.1. The van der Waals surface area contributed by atoms with Crippen LogP contribution in [0.4, 0.5) is 0 Å². The molecule has 1 heterocycles. The molecular formula is C10H15NO. The first-order valence-corrected chi connectivity index (χ1v) is 4.33. The van der Waals surface area contributed by atoms with Crippen molar-refractivity contribution in [1.29, 1.82) is 0 Å². The summed E-state index contributed by atoms with van der Waals surface area (Å²) in [6.45, 7) is 5.50. The molecule has 2 nitrogen and oxygen atoms in total. The largest absolute Gasteiger partial charge is 0.315 e. The van der Waals surface area contributed by atoms with Crippen LogP contribution in [0.3, 0.4) is 0 Å². The second kappa shape index (κ2) is 3.73. The van der Waals surface area contributed by atoms with Crippen molar-refractivity contribution in [2.75, 3.05) is 13.1 Å². The molecule has 1 fully saturated rings. The highest BCUT2D eigenvalue weighted by Crippen LogP contribution is 2.24. The lowest BCUT2D eigenvalue weighted by molar-refractivity contribution is -0.130. The van der Waals surface area contributed by atoms with E-state index in [0.717, 1.165) is 13.1 Å². The van der Waals surface area contributed by atoms with E-state index >= 15 is 0 Å². The molecule has 12 heavy (non-hydrogen) atoms. The van der Waals surface area contributed by atoms with Crippen molar-refractivity contribution in [3.8, 4) is 11.8 Å². The molecule has 0 saturated carbocycles. The minimum absolute atomic E-state index is 0.0879. The van der Waals surface area contributed by atoms with Crippen LogP contribution in [0.25, 0.3) is 0 Å². The molecule has 0 aromatic rings. The Kier molecular flexibility index (Phi) is 2.88. The predicted molar refractivity (Wildman–Crippen MR) is 48.7 cm³/mol. The summed E-state index contributed by atoms with van der Waals surface area (Å²) in [5.41, 5.74) is -0.0879. The zero-order valence-corrected chi connectivity index (χ0v) is 7.74. The van der Waals surface area contributed by atoms with Gasteiger partial charge in [0.05, 0.1) is 5.41 Å². The fourth-order valence-electron chi connectivity index (χ4n) is 1.30. The molecule has 66 valence electrons. The van der Waals surface area contributed by atoms with E-state index in [9.17, 15) is 4.79 Å². The van der Waals surface area contributed by atoms with Crippen molar-refractivity contribution in [2.45, 2.75) is 26.7 Å². The third kappa shape index (κ3) is 1.86. The van der Waals surface area contributed by atoms with Gasteiger partial charge in [-0.3, -0.25) is 4.79 Å². The maximum absolute atomic E-state index is 11.5. The normalized spacial score (nSPS) is 18.8. The van der Waals surface area contributed by atoms with Gasteiger partial charge in [0.15, 0.2) is 0 Å². The molecule has 0 amide bonds. The van der Waals surface area contributed by atoms with Gasteiger partial charge in [-0.25, -0.2) is 0 Å². The average Bonchev–Trinajstić information content (AvgIpc) is 2.00. The van der Waals surface area contributed by atoms with Crippen molar-refractivity contribution in [1.82, 2.24) is 5.32 Å². The molecule has 0 spiro atoms. The Morgan fingerprint density at radius 3 is 2.67 bits per heavy atom. The highest BCUT2D eigenvalue weighted by Gasteiger charge is 2.37. The molecule has 2 heteroatoms. The molecule has 0 bridgehead atoms. The molecule has 1 rings (SSSR count). The van der Waals surface area contributed by atoms with Crippen LogP contribution in [0.15, 0.2) is 0 Å². The molecule has 0 atom stereocenters. The minimum atomic E-state index is -0.0879. The smallest absolute Gasteiger partial charge is 0.142 e. The lowest BCUT2D eigenvalue weighted by Gasteiger charge is -2.37. The summed E-state index contributed by atoms with van der Waals surface area (Å²) in [4.78, 5) is 11.5. The topological polar surface area (TPSA) is 29.1 Å². The molecule has 1 aliphatic heterocycles. The first-order chi connectivity index (χ1) is 5.69. The van der Waals surface area contributed by atoms with Gasteiger partial charge in [-0.05, 0) is 6.92 Å². The Hall–Kier alpha value is -0.810. The first-order valence-electron chi connectivity index (χ1n) is 4.33. The summed E-state index contributed by atoms with van der Waals surface area (Å²) >= 11 is 0. The van der Waals surface area contributed by atoms with Crippen LogP contribution in [-0.2, 0) is 4.79 Å². The van der Waals surface area contributed by atoms with E-state index in [1.54, 1.807) is 6.92 Å². The lowest BCUT2D eigenvalue weighted by atomic mass is 9.78. The zero-order valence-electron chi connectivity index (χ0n) is 7.74. The van der Waals surface area contributed by atoms with E-state index in [1.165, 1.54) is 0 Å². The Morgan fingerprint density at radius 2 is 2.25 bits per heavy atom. The van der Waals surface area contributed by atoms with Crippen molar-refractivity contribution in [3.05, 3.63) is 0 Å². The van der Waals surface area contributed by atoms with Crippen molar-refractivity contribution in [3.63, 3.8) is 0 Å². The van der Waals surface area contributed by atoms with Crippen molar-refractivity contribution in [2.24, 2.45) is 5.41 Å². The van der Waals surface area contributed by atoms with Crippen LogP contribution in [0, 0.1) is 17.3 Å². The van der Waals surface area contributed by atoms with E-state index in [-0.39, 0.29) is 5.41 Å². The summed E-state index contributed by atoms with van der Waals surface area (Å²) < 4.78 is 0. The molecule has 1 aliphatic rings. The third-order valence-electron chi connectivity index (χ3n) is 2.36. The molecule has 0 aromatic carbocycles. The van der Waals surface area contributed by atoms with Crippen LogP contribution in [0.2, 0.25) is 0 Å². The molecule has 1 saturated heterocycles. The van der Waals surface area contributed by atoms with Crippen LogP contribution < -0.4 is 5.32 Å². The fourth-order valence-corrected chi connectivity index (χ4v) is 1.30. The first kappa shape index (κ1) is 9.28. The van der Waals surface area contributed by atoms with Gasteiger partial charge in [0.25, 0.3) is 0 Å². The summed E-state index contributed by atoms with van der Waals surface area (Å²) in [7, 11) is 0. The highest BCUT2D eigenvalue weighted by molar-refractivity contribution is 5.86. The van der Waals surface area contributed by atoms with Crippen LogP contribution in [-0.4, -0.2) is 18.9 Å². The van der Waals surface area contributed by atoms with E-state index in [0.29, 0.717) is 18.6 Å². The van der Waals surface area contributed by atoms with Gasteiger partial charge in [-0.2, -0.15) is 0 Å². The van der Waals surface area contributed by atoms with Crippen LogP contribution >= 0.6 is 0 Å². The number of carbonyl (C=O) groups excluding carboxylic acids is 1. The van der Waals surface area contributed by atoms with Gasteiger partial charge in [0, 0.05) is 25.9 Å². The maximum atomic E-state index is 11.5. The average molecular weight is 165 g/mol. The van der Waals surface area contributed by atoms with E-state index in [1.807, 2.05) is 6.92 Å². The second-order valence-corrected chi connectivity index (χ2v) is 3.51. The summed E-state index contributed by atoms with van der Waals surface area (Å²) in [6, 6.07) is 0. The Morgan fingerprint density at radius 1 is 1.58 bits per heavy atom. The van der Waals surface area contributed by atoms with Gasteiger partial charge >= 0.3 is 0 Å². The molecular weight excluding hydrogens is 150 g/mol. The van der Waals surface area contributed by atoms with Gasteiger partial charge in [0.2, 0.25) is 0 Å². The Labute approximate surface area is 73.7 Å². The SMILES string of the molecule is CC#CCCC(=O)C1(C)CNC1. The van der Waals surface area contributed by atoms with Gasteiger partial charge in [-0.1, -0.05) is 6.92 Å². The number of hydrogen-bond acceptors (Lipinski definition) is 2. The molecule has 0 unspecified atom stereocenters. The number of nitrogens with one attached hydrogen (secondary N) is 1. The van der Waals surface area contributed by atoms with Gasteiger partial charge < -0.3 is 5.32 Å². The Bertz CT molecular complexity index is 230. The molecule has 0 aliphatic carbocycles. The third-order valence-corrected chi connectivity index (χ3v) is 2.36. The summed E-state index contributed by atoms with van der Waals surface area (Å²) in [6.07, 6.45) is 1.32. The van der Waals surface area contributed by atoms with Crippen LogP contribution in [0.1, 0.15) is 26.7 Å². The molecule has 0 radical (unpaired) electrons. The maximum Gasteiger partial charge on any atom is 0.142 e. The van der Waals surface area contributed by atoms with Crippen molar-refractivity contribution < 1.29 is 4.79 Å². The predicted octanol–water partition coefficient (Wildman–Crippen LogP) is 0.968. The van der Waals surface area contributed by atoms with E-state index in [4.69, 9.17) is 0 Å². The second-order valence-electron chi connectivity index (χ2n) is 3.51. The summed E-state index contributed by atoms with van der Waals surface area (Å²) in [5.74, 6) is 6.05. The van der Waals surface area contributed by atoms with Gasteiger partial charge in [0.1, 0.15) is 5.78 Å². The molecule has 1 N–H and O–H groups in total. The van der Waals surface area contributed by atoms with E-state index in [2.05, 4.69) is 17.2 Å².